The molecule has 3 aromatic rings. The summed E-state index contributed by atoms with van der Waals surface area (Å²) in [4.78, 5) is 4.46. The Balaban J connectivity index is 1.90. The van der Waals surface area contributed by atoms with E-state index in [4.69, 9.17) is 11.6 Å². The molecule has 0 unspecified atom stereocenters. The zero-order chi connectivity index (χ0) is 14.2. The molecular weight excluding hydrogens is 286 g/mol. The highest BCUT2D eigenvalue weighted by molar-refractivity contribution is 6.35. The van der Waals surface area contributed by atoms with Crippen LogP contribution in [-0.4, -0.2) is 33.7 Å². The van der Waals surface area contributed by atoms with Crippen molar-refractivity contribution in [2.75, 3.05) is 13.1 Å². The summed E-state index contributed by atoms with van der Waals surface area (Å²) in [6, 6.07) is 5.98. The molecule has 5 nitrogen and oxygen atoms in total. The molecule has 1 aliphatic heterocycles. The molecule has 0 spiro atoms. The molecule has 0 atom stereocenters. The van der Waals surface area contributed by atoms with Crippen molar-refractivity contribution < 1.29 is 0 Å². The lowest BCUT2D eigenvalue weighted by Crippen LogP contribution is -2.23. The van der Waals surface area contributed by atoms with Crippen LogP contribution in [0.4, 0.5) is 0 Å². The van der Waals surface area contributed by atoms with Gasteiger partial charge in [0.15, 0.2) is 0 Å². The van der Waals surface area contributed by atoms with Crippen LogP contribution in [0.15, 0.2) is 41.8 Å². The fraction of sp³-hybridized carbons (Fsp3) is 0.200. The van der Waals surface area contributed by atoms with Crippen LogP contribution in [-0.2, 0) is 6.54 Å². The van der Waals surface area contributed by atoms with Crippen molar-refractivity contribution in [2.24, 2.45) is 4.99 Å². The Bertz CT molecular complexity index is 816. The molecule has 0 bridgehead atoms. The lowest BCUT2D eigenvalue weighted by molar-refractivity contribution is 0.863. The molecule has 0 aliphatic carbocycles. The Morgan fingerprint density at radius 2 is 2.29 bits per heavy atom. The van der Waals surface area contributed by atoms with Gasteiger partial charge in [-0.05, 0) is 6.07 Å². The standard InChI is InChI=1S/C15H14ClN5/c16-13-3-1-2-11-12(10-6-19-20-7-10)8-21(15(11)13)9-14-17-4-5-18-14/h1-3,6-8H,4-5,9H2,(H,17,18)(H,19,20). The van der Waals surface area contributed by atoms with Crippen LogP contribution < -0.4 is 5.32 Å². The first-order valence-electron chi connectivity index (χ1n) is 6.86. The predicted octanol–water partition coefficient (Wildman–Crippen LogP) is 2.69. The molecule has 6 heteroatoms. The van der Waals surface area contributed by atoms with Crippen molar-refractivity contribution in [3.63, 3.8) is 0 Å². The second-order valence-corrected chi connectivity index (χ2v) is 5.46. The molecule has 21 heavy (non-hydrogen) atoms. The van der Waals surface area contributed by atoms with Crippen molar-refractivity contribution in [3.05, 3.63) is 41.8 Å². The van der Waals surface area contributed by atoms with Gasteiger partial charge in [0.25, 0.3) is 0 Å². The van der Waals surface area contributed by atoms with Crippen LogP contribution in [0.1, 0.15) is 0 Å². The molecule has 2 N–H and O–H groups in total. The summed E-state index contributed by atoms with van der Waals surface area (Å²) >= 11 is 6.42. The first-order valence-corrected chi connectivity index (χ1v) is 7.24. The molecule has 106 valence electrons. The van der Waals surface area contributed by atoms with E-state index in [9.17, 15) is 0 Å². The number of hydrogen-bond acceptors (Lipinski definition) is 3. The summed E-state index contributed by atoms with van der Waals surface area (Å²) in [5, 5.41) is 12.1. The summed E-state index contributed by atoms with van der Waals surface area (Å²) in [7, 11) is 0. The van der Waals surface area contributed by atoms with Gasteiger partial charge in [-0.2, -0.15) is 5.10 Å². The van der Waals surface area contributed by atoms with E-state index in [1.165, 1.54) is 0 Å². The summed E-state index contributed by atoms with van der Waals surface area (Å²) in [6.07, 6.45) is 5.83. The third kappa shape index (κ3) is 2.10. The fourth-order valence-electron chi connectivity index (χ4n) is 2.78. The average Bonchev–Trinajstić information content (AvgIpc) is 3.19. The fourth-order valence-corrected chi connectivity index (χ4v) is 3.06. The first kappa shape index (κ1) is 12.5. The first-order chi connectivity index (χ1) is 10.3. The summed E-state index contributed by atoms with van der Waals surface area (Å²) in [5.74, 6) is 1.01. The highest BCUT2D eigenvalue weighted by atomic mass is 35.5. The summed E-state index contributed by atoms with van der Waals surface area (Å²) in [5.41, 5.74) is 3.22. The van der Waals surface area contributed by atoms with Gasteiger partial charge in [0.1, 0.15) is 5.84 Å². The number of rotatable bonds is 3. The van der Waals surface area contributed by atoms with Gasteiger partial charge in [-0.25, -0.2) is 0 Å². The topological polar surface area (TPSA) is 58.0 Å². The zero-order valence-corrected chi connectivity index (χ0v) is 12.1. The van der Waals surface area contributed by atoms with E-state index in [0.717, 1.165) is 46.0 Å². The van der Waals surface area contributed by atoms with Crippen LogP contribution in [0, 0.1) is 0 Å². The quantitative estimate of drug-likeness (QED) is 0.781. The number of aromatic nitrogens is 3. The SMILES string of the molecule is Clc1cccc2c(-c3cn[nH]c3)cn(CC3=NCCN3)c12. The van der Waals surface area contributed by atoms with E-state index in [1.54, 1.807) is 0 Å². The van der Waals surface area contributed by atoms with E-state index in [1.807, 2.05) is 24.5 Å². The van der Waals surface area contributed by atoms with Crippen molar-refractivity contribution >= 4 is 28.3 Å². The number of hydrogen-bond donors (Lipinski definition) is 2. The number of aliphatic imine (C=N–C) groups is 1. The van der Waals surface area contributed by atoms with Crippen molar-refractivity contribution in [1.82, 2.24) is 20.1 Å². The van der Waals surface area contributed by atoms with Gasteiger partial charge in [0.2, 0.25) is 0 Å². The van der Waals surface area contributed by atoms with Gasteiger partial charge in [-0.15, -0.1) is 0 Å². The Morgan fingerprint density at radius 1 is 1.33 bits per heavy atom. The molecule has 0 saturated carbocycles. The van der Waals surface area contributed by atoms with Crippen molar-refractivity contribution in [1.29, 1.82) is 0 Å². The minimum atomic E-state index is 0.706. The van der Waals surface area contributed by atoms with E-state index in [0.29, 0.717) is 6.54 Å². The van der Waals surface area contributed by atoms with Gasteiger partial charge in [0.05, 0.1) is 29.8 Å². The highest BCUT2D eigenvalue weighted by Crippen LogP contribution is 2.34. The highest BCUT2D eigenvalue weighted by Gasteiger charge is 2.15. The van der Waals surface area contributed by atoms with E-state index in [-0.39, 0.29) is 0 Å². The van der Waals surface area contributed by atoms with Crippen LogP contribution in [0.2, 0.25) is 5.02 Å². The second-order valence-electron chi connectivity index (χ2n) is 5.05. The minimum Gasteiger partial charge on any atom is -0.370 e. The van der Waals surface area contributed by atoms with Crippen LogP contribution in [0.5, 0.6) is 0 Å². The maximum atomic E-state index is 6.42. The van der Waals surface area contributed by atoms with Gasteiger partial charge < -0.3 is 9.88 Å². The lowest BCUT2D eigenvalue weighted by atomic mass is 10.1. The number of aromatic amines is 1. The minimum absolute atomic E-state index is 0.706. The Labute approximate surface area is 126 Å². The molecule has 3 heterocycles. The van der Waals surface area contributed by atoms with Crippen LogP contribution in [0.25, 0.3) is 22.0 Å². The number of H-pyrrole nitrogens is 1. The monoisotopic (exact) mass is 299 g/mol. The predicted molar refractivity (Wildman–Crippen MR) is 84.8 cm³/mol. The Kier molecular flexibility index (Phi) is 2.93. The van der Waals surface area contributed by atoms with Crippen molar-refractivity contribution in [2.45, 2.75) is 6.54 Å². The number of fused-ring (bicyclic) bond motifs is 1. The van der Waals surface area contributed by atoms with Gasteiger partial charge in [-0.1, -0.05) is 23.7 Å². The van der Waals surface area contributed by atoms with Crippen LogP contribution >= 0.6 is 11.6 Å². The van der Waals surface area contributed by atoms with Crippen molar-refractivity contribution in [3.8, 4) is 11.1 Å². The Morgan fingerprint density at radius 3 is 3.05 bits per heavy atom. The van der Waals surface area contributed by atoms with E-state index >= 15 is 0 Å². The van der Waals surface area contributed by atoms with Crippen LogP contribution in [0.3, 0.4) is 0 Å². The number of para-hydroxylation sites is 1. The Hall–Kier alpha value is -2.27. The van der Waals surface area contributed by atoms with E-state index < -0.39 is 0 Å². The maximum Gasteiger partial charge on any atom is 0.117 e. The smallest absolute Gasteiger partial charge is 0.117 e. The largest absolute Gasteiger partial charge is 0.370 e. The molecule has 0 fully saturated rings. The van der Waals surface area contributed by atoms with Gasteiger partial charge >= 0.3 is 0 Å². The average molecular weight is 300 g/mol. The molecule has 1 aromatic carbocycles. The number of amidine groups is 1. The van der Waals surface area contributed by atoms with E-state index in [2.05, 4.69) is 37.3 Å². The molecule has 1 aliphatic rings. The second kappa shape index (κ2) is 4.93. The number of nitrogens with zero attached hydrogens (tertiary/aromatic N) is 3. The third-order valence-electron chi connectivity index (χ3n) is 3.72. The number of benzene rings is 1. The zero-order valence-electron chi connectivity index (χ0n) is 11.3. The summed E-state index contributed by atoms with van der Waals surface area (Å²) in [6.45, 7) is 2.46. The van der Waals surface area contributed by atoms with Gasteiger partial charge in [0, 0.05) is 35.5 Å². The molecule has 2 aromatic heterocycles. The third-order valence-corrected chi connectivity index (χ3v) is 4.03. The number of halogens is 1. The number of nitrogens with one attached hydrogen (secondary N) is 2. The molecule has 0 saturated heterocycles. The summed E-state index contributed by atoms with van der Waals surface area (Å²) < 4.78 is 2.15. The molecule has 0 radical (unpaired) electrons. The molecule has 4 rings (SSSR count). The lowest BCUT2D eigenvalue weighted by Gasteiger charge is -2.06. The molecular formula is C15H14ClN5. The normalized spacial score (nSPS) is 14.4. The maximum absolute atomic E-state index is 6.42. The van der Waals surface area contributed by atoms with Gasteiger partial charge in [-0.3, -0.25) is 10.1 Å². The molecule has 0 amide bonds.